The third kappa shape index (κ3) is 6.11. The van der Waals surface area contributed by atoms with Crippen molar-refractivity contribution in [1.29, 1.82) is 0 Å². The Morgan fingerprint density at radius 1 is 0.868 bits per heavy atom. The summed E-state index contributed by atoms with van der Waals surface area (Å²) in [5.41, 5.74) is 3.09. The standard InChI is InChI=1S/C29H38N4O4S/c1-22-8-10-23(11-9-22)24-12-14-26(15-13-24)38(36,37)30-27-7-5-18-32(29(27)35)21-28(34)33-19-4-6-25(33)20-31-16-2-3-17-31/h8-15,25,27,30H,2-7,16-21H2,1H3. The quantitative estimate of drug-likeness (QED) is 0.558. The van der Waals surface area contributed by atoms with Gasteiger partial charge in [-0.05, 0) is 81.8 Å². The van der Waals surface area contributed by atoms with Gasteiger partial charge in [0, 0.05) is 25.7 Å². The Balaban J connectivity index is 1.20. The van der Waals surface area contributed by atoms with Crippen molar-refractivity contribution in [3.05, 3.63) is 54.1 Å². The van der Waals surface area contributed by atoms with Gasteiger partial charge in [-0.25, -0.2) is 8.42 Å². The van der Waals surface area contributed by atoms with Crippen LogP contribution in [0.1, 0.15) is 44.1 Å². The summed E-state index contributed by atoms with van der Waals surface area (Å²) < 4.78 is 28.9. The summed E-state index contributed by atoms with van der Waals surface area (Å²) in [5, 5.41) is 0. The molecule has 0 radical (unpaired) electrons. The molecule has 9 heteroatoms. The van der Waals surface area contributed by atoms with Crippen LogP contribution in [0.4, 0.5) is 0 Å². The van der Waals surface area contributed by atoms with Crippen molar-refractivity contribution >= 4 is 21.8 Å². The van der Waals surface area contributed by atoms with Crippen LogP contribution in [-0.4, -0.2) is 86.3 Å². The summed E-state index contributed by atoms with van der Waals surface area (Å²) in [6.45, 7) is 6.34. The van der Waals surface area contributed by atoms with Gasteiger partial charge in [-0.1, -0.05) is 42.0 Å². The summed E-state index contributed by atoms with van der Waals surface area (Å²) >= 11 is 0. The maximum atomic E-state index is 13.2. The highest BCUT2D eigenvalue weighted by Gasteiger charge is 2.36. The van der Waals surface area contributed by atoms with Gasteiger partial charge >= 0.3 is 0 Å². The number of nitrogens with zero attached hydrogens (tertiary/aromatic N) is 3. The minimum Gasteiger partial charge on any atom is -0.337 e. The number of amides is 2. The number of likely N-dealkylation sites (tertiary alicyclic amines) is 3. The maximum absolute atomic E-state index is 13.2. The lowest BCUT2D eigenvalue weighted by Crippen LogP contribution is -2.55. The Hall–Kier alpha value is -2.75. The van der Waals surface area contributed by atoms with E-state index in [1.165, 1.54) is 17.7 Å². The number of nitrogens with one attached hydrogen (secondary N) is 1. The molecular weight excluding hydrogens is 500 g/mol. The highest BCUT2D eigenvalue weighted by Crippen LogP contribution is 2.24. The van der Waals surface area contributed by atoms with Crippen LogP contribution in [0.2, 0.25) is 0 Å². The Bertz CT molecular complexity index is 1240. The van der Waals surface area contributed by atoms with E-state index < -0.39 is 16.1 Å². The molecule has 3 fully saturated rings. The molecule has 3 aliphatic rings. The number of aryl methyl sites for hydroxylation is 1. The third-order valence-corrected chi connectivity index (χ3v) is 9.56. The predicted molar refractivity (Wildman–Crippen MR) is 147 cm³/mol. The molecule has 0 aromatic heterocycles. The lowest BCUT2D eigenvalue weighted by Gasteiger charge is -2.34. The van der Waals surface area contributed by atoms with Crippen molar-refractivity contribution < 1.29 is 18.0 Å². The van der Waals surface area contributed by atoms with Gasteiger partial charge < -0.3 is 14.7 Å². The SMILES string of the molecule is Cc1ccc(-c2ccc(S(=O)(=O)NC3CCCN(CC(=O)N4CCCC4CN4CCCC4)C3=O)cc2)cc1. The molecule has 2 atom stereocenters. The molecule has 0 aliphatic carbocycles. The van der Waals surface area contributed by atoms with Gasteiger partial charge in [-0.2, -0.15) is 4.72 Å². The lowest BCUT2D eigenvalue weighted by molar-refractivity contribution is -0.143. The van der Waals surface area contributed by atoms with Gasteiger partial charge in [0.2, 0.25) is 21.8 Å². The van der Waals surface area contributed by atoms with Crippen LogP contribution in [0.5, 0.6) is 0 Å². The molecule has 38 heavy (non-hydrogen) atoms. The molecular formula is C29H38N4O4S. The molecule has 2 unspecified atom stereocenters. The maximum Gasteiger partial charge on any atom is 0.242 e. The van der Waals surface area contributed by atoms with Crippen LogP contribution >= 0.6 is 0 Å². The van der Waals surface area contributed by atoms with Crippen molar-refractivity contribution in [2.24, 2.45) is 0 Å². The minimum absolute atomic E-state index is 0.0127. The molecule has 0 spiro atoms. The highest BCUT2D eigenvalue weighted by atomic mass is 32.2. The second kappa shape index (κ2) is 11.6. The fourth-order valence-corrected chi connectivity index (χ4v) is 7.13. The zero-order chi connectivity index (χ0) is 26.7. The van der Waals surface area contributed by atoms with E-state index in [4.69, 9.17) is 0 Å². The Labute approximate surface area is 226 Å². The molecule has 3 heterocycles. The van der Waals surface area contributed by atoms with E-state index in [9.17, 15) is 18.0 Å². The first-order chi connectivity index (χ1) is 18.3. The molecule has 5 rings (SSSR count). The predicted octanol–water partition coefficient (Wildman–Crippen LogP) is 3.02. The van der Waals surface area contributed by atoms with Crippen molar-refractivity contribution in [2.75, 3.05) is 39.3 Å². The lowest BCUT2D eigenvalue weighted by atomic mass is 10.0. The van der Waals surface area contributed by atoms with E-state index in [2.05, 4.69) is 9.62 Å². The topological polar surface area (TPSA) is 90.0 Å². The minimum atomic E-state index is -3.89. The van der Waals surface area contributed by atoms with E-state index >= 15 is 0 Å². The van der Waals surface area contributed by atoms with Crippen molar-refractivity contribution in [2.45, 2.75) is 62.4 Å². The molecule has 2 aromatic rings. The first-order valence-corrected chi connectivity index (χ1v) is 15.3. The summed E-state index contributed by atoms with van der Waals surface area (Å²) in [6.07, 6.45) is 5.50. The average Bonchev–Trinajstić information content (AvgIpc) is 3.60. The van der Waals surface area contributed by atoms with E-state index in [1.807, 2.05) is 36.1 Å². The largest absolute Gasteiger partial charge is 0.337 e. The average molecular weight is 539 g/mol. The molecule has 0 bridgehead atoms. The van der Waals surface area contributed by atoms with Crippen LogP contribution in [0, 0.1) is 6.92 Å². The summed E-state index contributed by atoms with van der Waals surface area (Å²) in [7, 11) is -3.89. The number of benzene rings is 2. The fourth-order valence-electron chi connectivity index (χ4n) is 5.91. The van der Waals surface area contributed by atoms with Crippen LogP contribution in [0.3, 0.4) is 0 Å². The zero-order valence-electron chi connectivity index (χ0n) is 22.1. The number of carbonyl (C=O) groups excluding carboxylic acids is 2. The number of carbonyl (C=O) groups is 2. The van der Waals surface area contributed by atoms with E-state index in [0.717, 1.165) is 55.7 Å². The first kappa shape index (κ1) is 26.8. The van der Waals surface area contributed by atoms with Crippen molar-refractivity contribution in [1.82, 2.24) is 19.4 Å². The molecule has 8 nitrogen and oxygen atoms in total. The summed E-state index contributed by atoms with van der Waals surface area (Å²) in [5.74, 6) is -0.352. The normalized spacial score (nSPS) is 22.8. The van der Waals surface area contributed by atoms with Gasteiger partial charge in [0.25, 0.3) is 0 Å². The van der Waals surface area contributed by atoms with E-state index in [1.54, 1.807) is 24.3 Å². The molecule has 2 amide bonds. The number of sulfonamides is 1. The molecule has 3 saturated heterocycles. The number of hydrogen-bond acceptors (Lipinski definition) is 5. The first-order valence-electron chi connectivity index (χ1n) is 13.8. The number of rotatable bonds is 8. The number of piperidine rings is 1. The monoisotopic (exact) mass is 538 g/mol. The Kier molecular flexibility index (Phi) is 8.16. The van der Waals surface area contributed by atoms with E-state index in [0.29, 0.717) is 19.4 Å². The Morgan fingerprint density at radius 3 is 2.18 bits per heavy atom. The zero-order valence-corrected chi connectivity index (χ0v) is 23.0. The molecule has 2 aromatic carbocycles. The second-order valence-corrected chi connectivity index (χ2v) is 12.6. The van der Waals surface area contributed by atoms with Crippen molar-refractivity contribution in [3.8, 4) is 11.1 Å². The third-order valence-electron chi connectivity index (χ3n) is 8.07. The second-order valence-electron chi connectivity index (χ2n) is 10.9. The van der Waals surface area contributed by atoms with Gasteiger partial charge in [0.15, 0.2) is 0 Å². The molecule has 0 saturated carbocycles. The Morgan fingerprint density at radius 2 is 1.50 bits per heavy atom. The van der Waals surface area contributed by atoms with Crippen LogP contribution < -0.4 is 4.72 Å². The molecule has 204 valence electrons. The van der Waals surface area contributed by atoms with Crippen molar-refractivity contribution in [3.63, 3.8) is 0 Å². The van der Waals surface area contributed by atoms with Crippen LogP contribution in [0.25, 0.3) is 11.1 Å². The van der Waals surface area contributed by atoms with Crippen LogP contribution in [0.15, 0.2) is 53.4 Å². The summed E-state index contributed by atoms with van der Waals surface area (Å²) in [6, 6.07) is 14.1. The van der Waals surface area contributed by atoms with Gasteiger partial charge in [-0.3, -0.25) is 9.59 Å². The van der Waals surface area contributed by atoms with E-state index in [-0.39, 0.29) is 29.3 Å². The smallest absolute Gasteiger partial charge is 0.242 e. The van der Waals surface area contributed by atoms with Gasteiger partial charge in [0.1, 0.15) is 6.04 Å². The summed E-state index contributed by atoms with van der Waals surface area (Å²) in [4.78, 5) is 32.5. The van der Waals surface area contributed by atoms with Crippen LogP contribution in [-0.2, 0) is 19.6 Å². The van der Waals surface area contributed by atoms with Gasteiger partial charge in [0.05, 0.1) is 11.4 Å². The number of hydrogen-bond donors (Lipinski definition) is 1. The van der Waals surface area contributed by atoms with Gasteiger partial charge in [-0.15, -0.1) is 0 Å². The fraction of sp³-hybridized carbons (Fsp3) is 0.517. The highest BCUT2D eigenvalue weighted by molar-refractivity contribution is 7.89. The molecule has 3 aliphatic heterocycles. The molecule has 1 N–H and O–H groups in total.